The number of allylic oxidation sites excluding steroid dienone is 1. The summed E-state index contributed by atoms with van der Waals surface area (Å²) in [7, 11) is 6.40. The third-order valence-electron chi connectivity index (χ3n) is 6.61. The highest BCUT2D eigenvalue weighted by atomic mass is 16.5. The Morgan fingerprint density at radius 3 is 2.02 bits per heavy atom. The van der Waals surface area contributed by atoms with Crippen molar-refractivity contribution >= 4 is 6.03 Å². The Balaban J connectivity index is 1.84. The van der Waals surface area contributed by atoms with Crippen molar-refractivity contribution in [3.05, 3.63) is 53.2 Å². The topological polar surface area (TPSA) is 108 Å². The monoisotopic (exact) mass is 558 g/mol. The van der Waals surface area contributed by atoms with Crippen molar-refractivity contribution < 1.29 is 38.4 Å². The van der Waals surface area contributed by atoms with Gasteiger partial charge in [-0.2, -0.15) is 0 Å². The summed E-state index contributed by atoms with van der Waals surface area (Å²) < 4.78 is 34.8. The van der Waals surface area contributed by atoms with Crippen LogP contribution in [0.3, 0.4) is 0 Å². The lowest BCUT2D eigenvalue weighted by Gasteiger charge is -2.20. The van der Waals surface area contributed by atoms with E-state index in [0.717, 1.165) is 36.0 Å². The third-order valence-corrected chi connectivity index (χ3v) is 6.61. The average molecular weight is 559 g/mol. The van der Waals surface area contributed by atoms with Gasteiger partial charge in [-0.05, 0) is 67.5 Å². The summed E-state index contributed by atoms with van der Waals surface area (Å²) in [4.78, 5) is 12.0. The Kier molecular flexibility index (Phi) is 11.8. The van der Waals surface area contributed by atoms with Gasteiger partial charge in [0.05, 0.1) is 47.3 Å². The number of amides is 2. The van der Waals surface area contributed by atoms with Gasteiger partial charge < -0.3 is 33.7 Å². The Bertz CT molecular complexity index is 1130. The van der Waals surface area contributed by atoms with Gasteiger partial charge in [-0.1, -0.05) is 19.9 Å². The van der Waals surface area contributed by atoms with Crippen LogP contribution in [0.25, 0.3) is 0 Å². The molecular formula is C30H42N2O8. The molecule has 1 heterocycles. The van der Waals surface area contributed by atoms with E-state index in [1.807, 2.05) is 38.1 Å². The van der Waals surface area contributed by atoms with Crippen LogP contribution in [0.2, 0.25) is 0 Å². The van der Waals surface area contributed by atoms with Crippen LogP contribution in [0, 0.1) is 0 Å². The van der Waals surface area contributed by atoms with Crippen molar-refractivity contribution in [2.45, 2.75) is 58.2 Å². The maximum absolute atomic E-state index is 12.0. The third kappa shape index (κ3) is 7.51. The normalized spacial score (nSPS) is 16.6. The Morgan fingerprint density at radius 1 is 0.925 bits per heavy atom. The summed E-state index contributed by atoms with van der Waals surface area (Å²) in [6.07, 6.45) is 6.64. The molecule has 2 unspecified atom stereocenters. The van der Waals surface area contributed by atoms with Crippen LogP contribution in [-0.2, 0) is 11.2 Å². The zero-order valence-corrected chi connectivity index (χ0v) is 24.3. The lowest BCUT2D eigenvalue weighted by molar-refractivity contribution is -0.0415. The van der Waals surface area contributed by atoms with Crippen molar-refractivity contribution in [1.29, 1.82) is 0 Å². The highest BCUT2D eigenvalue weighted by molar-refractivity contribution is 5.73. The molecule has 0 saturated carbocycles. The van der Waals surface area contributed by atoms with Crippen molar-refractivity contribution in [2.75, 3.05) is 41.6 Å². The van der Waals surface area contributed by atoms with Crippen LogP contribution in [-0.4, -0.2) is 57.9 Å². The number of carbonyl (C=O) groups is 1. The molecule has 1 saturated heterocycles. The molecule has 0 spiro atoms. The average Bonchev–Trinajstić information content (AvgIpc) is 3.47. The Morgan fingerprint density at radius 2 is 1.50 bits per heavy atom. The summed E-state index contributed by atoms with van der Waals surface area (Å²) in [5, 5.41) is 12.9. The largest absolute Gasteiger partial charge is 0.493 e. The van der Waals surface area contributed by atoms with Crippen LogP contribution < -0.4 is 29.0 Å². The van der Waals surface area contributed by atoms with E-state index in [-0.39, 0.29) is 18.8 Å². The molecule has 3 rings (SSSR count). The molecule has 1 fully saturated rings. The number of rotatable bonds is 14. The number of carbonyl (C=O) groups excluding carboxylic acids is 1. The van der Waals surface area contributed by atoms with Crippen LogP contribution in [0.1, 0.15) is 68.4 Å². The van der Waals surface area contributed by atoms with Gasteiger partial charge in [0, 0.05) is 18.3 Å². The number of nitrogens with one attached hydrogen (secondary N) is 1. The summed E-state index contributed by atoms with van der Waals surface area (Å²) in [6, 6.07) is 7.31. The second-order valence-electron chi connectivity index (χ2n) is 9.39. The highest BCUT2D eigenvalue weighted by Crippen LogP contribution is 2.47. The van der Waals surface area contributed by atoms with Gasteiger partial charge in [-0.3, -0.25) is 5.21 Å². The van der Waals surface area contributed by atoms with Gasteiger partial charge in [0.1, 0.15) is 0 Å². The zero-order chi connectivity index (χ0) is 29.1. The summed E-state index contributed by atoms with van der Waals surface area (Å²) in [5.74, 6) is 3.01. The molecule has 2 atom stereocenters. The van der Waals surface area contributed by atoms with Crippen LogP contribution in [0.5, 0.6) is 28.7 Å². The maximum Gasteiger partial charge on any atom is 0.345 e. The van der Waals surface area contributed by atoms with Crippen molar-refractivity contribution in [3.8, 4) is 28.7 Å². The first-order chi connectivity index (χ1) is 19.4. The summed E-state index contributed by atoms with van der Waals surface area (Å²) >= 11 is 0. The van der Waals surface area contributed by atoms with Gasteiger partial charge in [0.25, 0.3) is 0 Å². The number of hydrogen-bond acceptors (Lipinski definition) is 8. The minimum atomic E-state index is -0.580. The number of ether oxygens (including phenoxy) is 6. The van der Waals surface area contributed by atoms with Gasteiger partial charge in [-0.25, -0.2) is 9.86 Å². The van der Waals surface area contributed by atoms with Crippen molar-refractivity contribution in [2.24, 2.45) is 0 Å². The van der Waals surface area contributed by atoms with Crippen molar-refractivity contribution in [1.82, 2.24) is 10.4 Å². The van der Waals surface area contributed by atoms with Gasteiger partial charge >= 0.3 is 6.03 Å². The molecule has 10 heteroatoms. The molecule has 2 amide bonds. The van der Waals surface area contributed by atoms with Crippen LogP contribution in [0.15, 0.2) is 36.5 Å². The zero-order valence-electron chi connectivity index (χ0n) is 24.3. The van der Waals surface area contributed by atoms with E-state index in [9.17, 15) is 10.0 Å². The maximum atomic E-state index is 12.0. The molecule has 0 radical (unpaired) electrons. The summed E-state index contributed by atoms with van der Waals surface area (Å²) in [6.45, 7) is 4.73. The minimum absolute atomic E-state index is 0.149. The highest BCUT2D eigenvalue weighted by Gasteiger charge is 2.31. The number of hydrogen-bond donors (Lipinski definition) is 2. The predicted octanol–water partition coefficient (Wildman–Crippen LogP) is 5.97. The summed E-state index contributed by atoms with van der Waals surface area (Å²) in [5.41, 5.74) is 2.84. The first-order valence-electron chi connectivity index (χ1n) is 13.6. The number of urea groups is 1. The first kappa shape index (κ1) is 30.9. The molecule has 40 heavy (non-hydrogen) atoms. The predicted molar refractivity (Wildman–Crippen MR) is 151 cm³/mol. The number of nitrogens with zero attached hydrogens (tertiary/aromatic N) is 1. The van der Waals surface area contributed by atoms with Gasteiger partial charge in [0.2, 0.25) is 5.75 Å². The molecule has 1 aliphatic rings. The number of benzene rings is 2. The smallest absolute Gasteiger partial charge is 0.345 e. The quantitative estimate of drug-likeness (QED) is 0.216. The van der Waals surface area contributed by atoms with E-state index in [1.54, 1.807) is 28.4 Å². The first-order valence-corrected chi connectivity index (χ1v) is 13.6. The molecule has 2 aromatic carbocycles. The second kappa shape index (κ2) is 15.2. The van der Waals surface area contributed by atoms with E-state index >= 15 is 0 Å². The number of methoxy groups -OCH3 is 4. The molecule has 2 N–H and O–H groups in total. The van der Waals surface area contributed by atoms with Gasteiger partial charge in [0.15, 0.2) is 23.0 Å². The van der Waals surface area contributed by atoms with Crippen molar-refractivity contribution in [3.63, 3.8) is 0 Å². The van der Waals surface area contributed by atoms with Gasteiger partial charge in [-0.15, -0.1) is 0 Å². The Hall–Kier alpha value is -3.63. The second-order valence-corrected chi connectivity index (χ2v) is 9.39. The van der Waals surface area contributed by atoms with E-state index in [0.29, 0.717) is 53.3 Å². The lowest BCUT2D eigenvalue weighted by atomic mass is 9.99. The molecule has 1 aliphatic heterocycles. The molecular weight excluding hydrogens is 516 g/mol. The van der Waals surface area contributed by atoms with E-state index < -0.39 is 6.03 Å². The van der Waals surface area contributed by atoms with E-state index in [2.05, 4.69) is 11.4 Å². The van der Waals surface area contributed by atoms with E-state index in [4.69, 9.17) is 28.4 Å². The standard InChI is InChI=1S/C30H42N2O8/c1-7-14-32(34)30(33)31-13-9-10-20-16-21(17-25(35-3)28(20)39-15-8-2)23-11-12-24(40-23)22-18-26(36-4)29(38-6)27(19-22)37-5/h9,13,16-19,23-24,34H,7-8,10-12,14-15H2,1-6H3,(H,31,33)/b13-9+. The Labute approximate surface area is 236 Å². The minimum Gasteiger partial charge on any atom is -0.493 e. The molecule has 2 aromatic rings. The SMILES string of the molecule is CCCOc1c(C/C=C/NC(=O)N(O)CCC)cc(C2CCC(c3cc(OC)c(OC)c(OC)c3)O2)cc1OC. The molecule has 0 bridgehead atoms. The fraction of sp³-hybridized carbons (Fsp3) is 0.500. The lowest BCUT2D eigenvalue weighted by Crippen LogP contribution is -2.35. The molecule has 0 aliphatic carbocycles. The van der Waals surface area contributed by atoms with Crippen LogP contribution >= 0.6 is 0 Å². The molecule has 10 nitrogen and oxygen atoms in total. The molecule has 0 aromatic heterocycles. The number of hydroxylamine groups is 2. The fourth-order valence-corrected chi connectivity index (χ4v) is 4.66. The van der Waals surface area contributed by atoms with Crippen LogP contribution in [0.4, 0.5) is 4.79 Å². The van der Waals surface area contributed by atoms with E-state index in [1.165, 1.54) is 6.20 Å². The fourth-order valence-electron chi connectivity index (χ4n) is 4.66. The molecule has 220 valence electrons.